The van der Waals surface area contributed by atoms with E-state index in [1.165, 1.54) is 23.7 Å². The molecule has 1 aliphatic rings. The molecule has 0 unspecified atom stereocenters. The summed E-state index contributed by atoms with van der Waals surface area (Å²) in [6, 6.07) is 14.5. The first-order valence-electron chi connectivity index (χ1n) is 11.3. The van der Waals surface area contributed by atoms with Crippen LogP contribution in [0, 0.1) is 6.92 Å². The van der Waals surface area contributed by atoms with Gasteiger partial charge in [0.25, 0.3) is 0 Å². The first-order chi connectivity index (χ1) is 15.6. The van der Waals surface area contributed by atoms with Crippen molar-refractivity contribution >= 4 is 16.0 Å². The molecule has 0 radical (unpaired) electrons. The molecular formula is C25H34N2O5S. The van der Waals surface area contributed by atoms with Crippen LogP contribution in [0.15, 0.2) is 42.5 Å². The van der Waals surface area contributed by atoms with Crippen molar-refractivity contribution in [3.63, 3.8) is 0 Å². The summed E-state index contributed by atoms with van der Waals surface area (Å²) in [6.07, 6.45) is 1.34. The number of carboxylic acids is 1. The zero-order valence-corrected chi connectivity index (χ0v) is 20.6. The van der Waals surface area contributed by atoms with Crippen molar-refractivity contribution in [2.75, 3.05) is 33.3 Å². The number of nitrogens with zero attached hydrogens (tertiary/aromatic N) is 1. The summed E-state index contributed by atoms with van der Waals surface area (Å²) in [5, 5.41) is 12.4. The second-order valence-electron chi connectivity index (χ2n) is 9.05. The average molecular weight is 475 g/mol. The number of hydrogen-bond acceptors (Lipinski definition) is 5. The molecule has 8 heteroatoms. The van der Waals surface area contributed by atoms with Gasteiger partial charge in [-0.05, 0) is 81.0 Å². The number of hydrogen-bond donors (Lipinski definition) is 2. The highest BCUT2D eigenvalue weighted by Crippen LogP contribution is 2.35. The van der Waals surface area contributed by atoms with Gasteiger partial charge in [-0.25, -0.2) is 12.7 Å². The molecule has 180 valence electrons. The summed E-state index contributed by atoms with van der Waals surface area (Å²) in [5.74, 6) is -0.246. The van der Waals surface area contributed by atoms with E-state index in [0.29, 0.717) is 32.5 Å². The monoisotopic (exact) mass is 474 g/mol. The van der Waals surface area contributed by atoms with Gasteiger partial charge in [0, 0.05) is 19.6 Å². The van der Waals surface area contributed by atoms with Gasteiger partial charge in [-0.15, -0.1) is 0 Å². The molecule has 3 rings (SSSR count). The molecule has 0 atom stereocenters. The maximum atomic E-state index is 12.8. The third-order valence-corrected chi connectivity index (χ3v) is 8.95. The van der Waals surface area contributed by atoms with Crippen LogP contribution < -0.4 is 10.1 Å². The Bertz CT molecular complexity index is 1090. The number of piperidine rings is 1. The lowest BCUT2D eigenvalue weighted by Gasteiger charge is -2.35. The maximum Gasteiger partial charge on any atom is 0.325 e. The first kappa shape index (κ1) is 25.2. The van der Waals surface area contributed by atoms with E-state index in [9.17, 15) is 18.3 Å². The van der Waals surface area contributed by atoms with Gasteiger partial charge in [-0.3, -0.25) is 4.79 Å². The molecule has 0 aromatic heterocycles. The van der Waals surface area contributed by atoms with Crippen LogP contribution in [0.2, 0.25) is 0 Å². The summed E-state index contributed by atoms with van der Waals surface area (Å²) in [5.41, 5.74) is 4.58. The van der Waals surface area contributed by atoms with Crippen LogP contribution in [0.5, 0.6) is 5.75 Å². The molecule has 0 spiro atoms. The third-order valence-electron chi connectivity index (χ3n) is 6.44. The van der Waals surface area contributed by atoms with E-state index in [1.54, 1.807) is 0 Å². The van der Waals surface area contributed by atoms with Crippen LogP contribution in [0.3, 0.4) is 0 Å². The lowest BCUT2D eigenvalue weighted by atomic mass is 9.87. The lowest BCUT2D eigenvalue weighted by Crippen LogP contribution is -2.51. The molecule has 1 aliphatic heterocycles. The first-order valence-corrected chi connectivity index (χ1v) is 12.7. The Hall–Kier alpha value is -2.42. The predicted octanol–water partition coefficient (Wildman–Crippen LogP) is 3.63. The van der Waals surface area contributed by atoms with E-state index in [1.807, 2.05) is 25.2 Å². The van der Waals surface area contributed by atoms with Gasteiger partial charge in [0.2, 0.25) is 10.0 Å². The van der Waals surface area contributed by atoms with Gasteiger partial charge >= 0.3 is 5.97 Å². The van der Waals surface area contributed by atoms with Crippen LogP contribution in [-0.2, 0) is 14.8 Å². The zero-order valence-electron chi connectivity index (χ0n) is 19.8. The smallest absolute Gasteiger partial charge is 0.325 e. The molecule has 0 saturated carbocycles. The molecule has 0 bridgehead atoms. The van der Waals surface area contributed by atoms with Crippen molar-refractivity contribution in [1.82, 2.24) is 9.62 Å². The van der Waals surface area contributed by atoms with Crippen molar-refractivity contribution in [2.24, 2.45) is 0 Å². The van der Waals surface area contributed by atoms with E-state index < -0.39 is 20.7 Å². The van der Waals surface area contributed by atoms with Crippen molar-refractivity contribution < 1.29 is 23.1 Å². The Morgan fingerprint density at radius 1 is 1.18 bits per heavy atom. The zero-order chi connectivity index (χ0) is 24.2. The number of ether oxygens (including phenoxy) is 1. The molecule has 33 heavy (non-hydrogen) atoms. The Kier molecular flexibility index (Phi) is 7.82. The summed E-state index contributed by atoms with van der Waals surface area (Å²) >= 11 is 0. The fourth-order valence-electron chi connectivity index (χ4n) is 4.15. The minimum Gasteiger partial charge on any atom is -0.492 e. The quantitative estimate of drug-likeness (QED) is 0.539. The van der Waals surface area contributed by atoms with Gasteiger partial charge < -0.3 is 15.2 Å². The molecule has 2 aromatic rings. The van der Waals surface area contributed by atoms with Crippen LogP contribution in [-0.4, -0.2) is 61.8 Å². The fraction of sp³-hybridized carbons (Fsp3) is 0.480. The summed E-state index contributed by atoms with van der Waals surface area (Å²) < 4.78 is 30.9. The number of rotatable bonds is 9. The van der Waals surface area contributed by atoms with Crippen LogP contribution in [0.25, 0.3) is 11.1 Å². The Labute approximate surface area is 196 Å². The normalized spacial score (nSPS) is 16.0. The van der Waals surface area contributed by atoms with Crippen LogP contribution in [0.1, 0.15) is 43.7 Å². The van der Waals surface area contributed by atoms with Crippen molar-refractivity contribution in [3.8, 4) is 16.9 Å². The van der Waals surface area contributed by atoms with Crippen molar-refractivity contribution in [2.45, 2.75) is 44.3 Å². The molecule has 0 aliphatic carbocycles. The summed E-state index contributed by atoms with van der Waals surface area (Å²) in [4.78, 5) is 11.5. The van der Waals surface area contributed by atoms with Gasteiger partial charge in [-0.1, -0.05) is 30.3 Å². The Morgan fingerprint density at radius 3 is 2.48 bits per heavy atom. The average Bonchev–Trinajstić information content (AvgIpc) is 2.79. The van der Waals surface area contributed by atoms with E-state index in [4.69, 9.17) is 4.74 Å². The van der Waals surface area contributed by atoms with Gasteiger partial charge in [-0.2, -0.15) is 0 Å². The number of carboxylic acid groups (broad SMARTS) is 1. The molecule has 1 saturated heterocycles. The molecular weight excluding hydrogens is 440 g/mol. The number of likely N-dealkylation sites (N-methyl/N-ethyl adjacent to an activating group) is 1. The van der Waals surface area contributed by atoms with Crippen LogP contribution >= 0.6 is 0 Å². The minimum atomic E-state index is -3.91. The second-order valence-corrected chi connectivity index (χ2v) is 11.5. The minimum absolute atomic E-state index is 0.244. The van der Waals surface area contributed by atoms with Crippen molar-refractivity contribution in [1.29, 1.82) is 0 Å². The second kappa shape index (κ2) is 10.2. The summed E-state index contributed by atoms with van der Waals surface area (Å²) in [6.45, 7) is 6.64. The Balaban J connectivity index is 1.71. The molecule has 2 N–H and O–H groups in total. The van der Waals surface area contributed by atoms with Crippen LogP contribution in [0.4, 0.5) is 0 Å². The number of carbonyl (C=O) groups is 1. The van der Waals surface area contributed by atoms with E-state index in [-0.39, 0.29) is 5.92 Å². The van der Waals surface area contributed by atoms with E-state index in [2.05, 4.69) is 36.5 Å². The van der Waals surface area contributed by atoms with Gasteiger partial charge in [0.15, 0.2) is 4.75 Å². The molecule has 1 heterocycles. The topological polar surface area (TPSA) is 95.9 Å². The largest absolute Gasteiger partial charge is 0.492 e. The molecule has 2 aromatic carbocycles. The highest BCUT2D eigenvalue weighted by atomic mass is 32.2. The van der Waals surface area contributed by atoms with E-state index >= 15 is 0 Å². The number of aliphatic carboxylic acids is 1. The predicted molar refractivity (Wildman–Crippen MR) is 130 cm³/mol. The highest BCUT2D eigenvalue weighted by Gasteiger charge is 2.46. The standard InChI is InChI=1S/C25H34N2O5S/c1-18-16-20(8-9-23(18)21-6-5-7-22(17-21)32-15-12-26-4)19-10-13-27(14-11-19)33(30,31)25(2,3)24(28)29/h5-9,16-17,19,26H,10-15H2,1-4H3,(H,28,29). The van der Waals surface area contributed by atoms with Gasteiger partial charge in [0.1, 0.15) is 12.4 Å². The fourth-order valence-corrected chi connectivity index (χ4v) is 5.71. The lowest BCUT2D eigenvalue weighted by molar-refractivity contribution is -0.139. The van der Waals surface area contributed by atoms with Crippen molar-refractivity contribution in [3.05, 3.63) is 53.6 Å². The SMILES string of the molecule is CNCCOc1cccc(-c2ccc(C3CCN(S(=O)(=O)C(C)(C)C(=O)O)CC3)cc2C)c1. The van der Waals surface area contributed by atoms with Gasteiger partial charge in [0.05, 0.1) is 0 Å². The maximum absolute atomic E-state index is 12.8. The number of sulfonamides is 1. The Morgan fingerprint density at radius 2 is 1.88 bits per heavy atom. The molecule has 0 amide bonds. The third kappa shape index (κ3) is 5.39. The number of nitrogens with one attached hydrogen (secondary N) is 1. The number of aryl methyl sites for hydroxylation is 1. The molecule has 1 fully saturated rings. The van der Waals surface area contributed by atoms with E-state index in [0.717, 1.165) is 29.0 Å². The number of benzene rings is 2. The molecule has 7 nitrogen and oxygen atoms in total. The highest BCUT2D eigenvalue weighted by molar-refractivity contribution is 7.91. The summed E-state index contributed by atoms with van der Waals surface area (Å²) in [7, 11) is -2.02.